The largest absolute Gasteiger partial charge is 0.152 e. The zero-order valence-corrected chi connectivity index (χ0v) is 7.08. The van der Waals surface area contributed by atoms with E-state index in [-0.39, 0.29) is 0 Å². The molecule has 0 amide bonds. The molecule has 0 spiro atoms. The van der Waals surface area contributed by atoms with E-state index in [1.54, 1.807) is 11.1 Å². The van der Waals surface area contributed by atoms with Crippen molar-refractivity contribution in [3.63, 3.8) is 0 Å². The van der Waals surface area contributed by atoms with E-state index in [2.05, 4.69) is 17.7 Å². The van der Waals surface area contributed by atoms with E-state index in [0.29, 0.717) is 0 Å². The van der Waals surface area contributed by atoms with Gasteiger partial charge in [-0.2, -0.15) is 11.3 Å². The zero-order chi connectivity index (χ0) is 6.97. The van der Waals surface area contributed by atoms with Crippen molar-refractivity contribution in [3.8, 4) is 0 Å². The number of rotatable bonds is 0. The SMILES string of the molecule is CC1CCCc2cscc21. The van der Waals surface area contributed by atoms with E-state index in [1.807, 2.05) is 11.3 Å². The molecule has 0 bridgehead atoms. The third kappa shape index (κ3) is 0.891. The first-order valence-electron chi connectivity index (χ1n) is 3.93. The molecule has 0 radical (unpaired) electrons. The fraction of sp³-hybridized carbons (Fsp3) is 0.556. The molecule has 1 aliphatic rings. The number of hydrogen-bond acceptors (Lipinski definition) is 1. The molecule has 0 fully saturated rings. The normalized spacial score (nSPS) is 24.3. The van der Waals surface area contributed by atoms with Gasteiger partial charge >= 0.3 is 0 Å². The Kier molecular flexibility index (Phi) is 1.53. The van der Waals surface area contributed by atoms with Gasteiger partial charge in [-0.05, 0) is 47.1 Å². The van der Waals surface area contributed by atoms with Gasteiger partial charge in [0.15, 0.2) is 0 Å². The second-order valence-electron chi connectivity index (χ2n) is 3.15. The van der Waals surface area contributed by atoms with Crippen LogP contribution in [0.15, 0.2) is 10.8 Å². The summed E-state index contributed by atoms with van der Waals surface area (Å²) in [5.41, 5.74) is 3.24. The highest BCUT2D eigenvalue weighted by Gasteiger charge is 2.15. The Morgan fingerprint density at radius 1 is 1.50 bits per heavy atom. The van der Waals surface area contributed by atoms with Gasteiger partial charge in [0.2, 0.25) is 0 Å². The molecular formula is C9H12S. The summed E-state index contributed by atoms with van der Waals surface area (Å²) in [6.07, 6.45) is 4.11. The summed E-state index contributed by atoms with van der Waals surface area (Å²) in [6.45, 7) is 2.34. The molecule has 0 aliphatic heterocycles. The van der Waals surface area contributed by atoms with E-state index >= 15 is 0 Å². The summed E-state index contributed by atoms with van der Waals surface area (Å²) < 4.78 is 0. The van der Waals surface area contributed by atoms with E-state index in [4.69, 9.17) is 0 Å². The Labute approximate surface area is 65.9 Å². The topological polar surface area (TPSA) is 0 Å². The van der Waals surface area contributed by atoms with Crippen molar-refractivity contribution >= 4 is 11.3 Å². The highest BCUT2D eigenvalue weighted by atomic mass is 32.1. The zero-order valence-electron chi connectivity index (χ0n) is 6.26. The summed E-state index contributed by atoms with van der Waals surface area (Å²) in [5, 5.41) is 4.63. The fourth-order valence-corrected chi connectivity index (χ4v) is 2.74. The molecule has 10 heavy (non-hydrogen) atoms. The minimum Gasteiger partial charge on any atom is -0.152 e. The Bertz CT molecular complexity index is 224. The number of aryl methyl sites for hydroxylation is 1. The molecule has 1 heteroatoms. The molecular weight excluding hydrogens is 140 g/mol. The van der Waals surface area contributed by atoms with Gasteiger partial charge in [-0.15, -0.1) is 0 Å². The second-order valence-corrected chi connectivity index (χ2v) is 3.89. The highest BCUT2D eigenvalue weighted by molar-refractivity contribution is 7.08. The van der Waals surface area contributed by atoms with E-state index in [0.717, 1.165) is 5.92 Å². The molecule has 1 aromatic rings. The summed E-state index contributed by atoms with van der Waals surface area (Å²) in [4.78, 5) is 0. The molecule has 0 aromatic carbocycles. The van der Waals surface area contributed by atoms with Crippen molar-refractivity contribution in [3.05, 3.63) is 21.9 Å². The van der Waals surface area contributed by atoms with E-state index in [9.17, 15) is 0 Å². The van der Waals surface area contributed by atoms with Crippen molar-refractivity contribution in [1.29, 1.82) is 0 Å². The molecule has 1 aliphatic carbocycles. The summed E-state index contributed by atoms with van der Waals surface area (Å²) in [7, 11) is 0. The van der Waals surface area contributed by atoms with Crippen LogP contribution in [0, 0.1) is 0 Å². The third-order valence-corrected chi connectivity index (χ3v) is 3.20. The van der Waals surface area contributed by atoms with Crippen LogP contribution in [-0.4, -0.2) is 0 Å². The average Bonchev–Trinajstić information content (AvgIpc) is 2.36. The first-order chi connectivity index (χ1) is 4.88. The van der Waals surface area contributed by atoms with E-state index in [1.165, 1.54) is 19.3 Å². The van der Waals surface area contributed by atoms with Gasteiger partial charge in [0.25, 0.3) is 0 Å². The van der Waals surface area contributed by atoms with Gasteiger partial charge in [-0.25, -0.2) is 0 Å². The molecule has 1 aromatic heterocycles. The Hall–Kier alpha value is -0.300. The van der Waals surface area contributed by atoms with Crippen LogP contribution in [0.25, 0.3) is 0 Å². The molecule has 0 saturated heterocycles. The molecule has 0 nitrogen and oxygen atoms in total. The standard InChI is InChI=1S/C9H12S/c1-7-3-2-4-8-5-10-6-9(7)8/h5-7H,2-4H2,1H3. The van der Waals surface area contributed by atoms with Crippen molar-refractivity contribution in [2.45, 2.75) is 32.1 Å². The summed E-state index contributed by atoms with van der Waals surface area (Å²) in [5.74, 6) is 0.829. The maximum absolute atomic E-state index is 2.34. The molecule has 2 rings (SSSR count). The smallest absolute Gasteiger partial charge is 0.00557 e. The lowest BCUT2D eigenvalue weighted by atomic mass is 9.87. The molecule has 54 valence electrons. The van der Waals surface area contributed by atoms with Crippen molar-refractivity contribution in [2.75, 3.05) is 0 Å². The molecule has 0 N–H and O–H groups in total. The van der Waals surface area contributed by atoms with Crippen LogP contribution < -0.4 is 0 Å². The lowest BCUT2D eigenvalue weighted by Gasteiger charge is -2.17. The van der Waals surface area contributed by atoms with Gasteiger partial charge < -0.3 is 0 Å². The van der Waals surface area contributed by atoms with Crippen LogP contribution in [0.1, 0.15) is 36.8 Å². The second kappa shape index (κ2) is 2.39. The maximum atomic E-state index is 2.34. The fourth-order valence-electron chi connectivity index (χ4n) is 1.72. The first kappa shape index (κ1) is 6.41. The molecule has 0 saturated carbocycles. The summed E-state index contributed by atoms with van der Waals surface area (Å²) in [6, 6.07) is 0. The van der Waals surface area contributed by atoms with Gasteiger partial charge in [0.05, 0.1) is 0 Å². The third-order valence-electron chi connectivity index (χ3n) is 2.39. The quantitative estimate of drug-likeness (QED) is 0.535. The van der Waals surface area contributed by atoms with Crippen LogP contribution >= 0.6 is 11.3 Å². The number of fused-ring (bicyclic) bond motifs is 1. The van der Waals surface area contributed by atoms with Crippen LogP contribution in [0.4, 0.5) is 0 Å². The van der Waals surface area contributed by atoms with Crippen LogP contribution in [0.2, 0.25) is 0 Å². The lowest BCUT2D eigenvalue weighted by Crippen LogP contribution is -2.03. The first-order valence-corrected chi connectivity index (χ1v) is 4.87. The Balaban J connectivity index is 2.41. The van der Waals surface area contributed by atoms with Gasteiger partial charge in [0, 0.05) is 0 Å². The van der Waals surface area contributed by atoms with Crippen molar-refractivity contribution in [2.24, 2.45) is 0 Å². The van der Waals surface area contributed by atoms with Crippen LogP contribution in [-0.2, 0) is 6.42 Å². The number of hydrogen-bond donors (Lipinski definition) is 0. The number of thiophene rings is 1. The molecule has 1 unspecified atom stereocenters. The van der Waals surface area contributed by atoms with Gasteiger partial charge in [0.1, 0.15) is 0 Å². The summed E-state index contributed by atoms with van der Waals surface area (Å²) >= 11 is 1.86. The van der Waals surface area contributed by atoms with Crippen LogP contribution in [0.5, 0.6) is 0 Å². The van der Waals surface area contributed by atoms with Crippen LogP contribution in [0.3, 0.4) is 0 Å². The minimum absolute atomic E-state index is 0.829. The minimum atomic E-state index is 0.829. The average molecular weight is 152 g/mol. The predicted molar refractivity (Wildman–Crippen MR) is 45.7 cm³/mol. The van der Waals surface area contributed by atoms with Crippen molar-refractivity contribution in [1.82, 2.24) is 0 Å². The van der Waals surface area contributed by atoms with Crippen molar-refractivity contribution < 1.29 is 0 Å². The molecule has 1 atom stereocenters. The van der Waals surface area contributed by atoms with Gasteiger partial charge in [-0.1, -0.05) is 6.92 Å². The lowest BCUT2D eigenvalue weighted by molar-refractivity contribution is 0.594. The monoisotopic (exact) mass is 152 g/mol. The van der Waals surface area contributed by atoms with Gasteiger partial charge in [-0.3, -0.25) is 0 Å². The molecule has 1 heterocycles. The van der Waals surface area contributed by atoms with E-state index < -0.39 is 0 Å². The Morgan fingerprint density at radius 2 is 2.40 bits per heavy atom. The maximum Gasteiger partial charge on any atom is -0.00557 e. The highest BCUT2D eigenvalue weighted by Crippen LogP contribution is 2.33. The predicted octanol–water partition coefficient (Wildman–Crippen LogP) is 3.19. The Morgan fingerprint density at radius 3 is 3.20 bits per heavy atom.